The van der Waals surface area contributed by atoms with Crippen LogP contribution in [-0.4, -0.2) is 33.2 Å². The van der Waals surface area contributed by atoms with Gasteiger partial charge < -0.3 is 11.5 Å². The number of hydrogen-bond acceptors (Lipinski definition) is 4. The summed E-state index contributed by atoms with van der Waals surface area (Å²) in [5.74, 6) is -0.427. The first-order valence-electron chi connectivity index (χ1n) is 4.07. The Morgan fingerprint density at radius 1 is 1.43 bits per heavy atom. The number of amides is 3. The van der Waals surface area contributed by atoms with E-state index in [1.807, 2.05) is 5.32 Å². The fraction of sp³-hybridized carbons (Fsp3) is 0.714. The van der Waals surface area contributed by atoms with Gasteiger partial charge >= 0.3 is 6.03 Å². The van der Waals surface area contributed by atoms with Crippen LogP contribution in [0.15, 0.2) is 0 Å². The van der Waals surface area contributed by atoms with E-state index in [1.165, 1.54) is 6.92 Å². The van der Waals surface area contributed by atoms with Gasteiger partial charge in [-0.25, -0.2) is 4.79 Å². The van der Waals surface area contributed by atoms with Crippen LogP contribution in [0, 0.1) is 0 Å². The van der Waals surface area contributed by atoms with Crippen molar-refractivity contribution in [2.45, 2.75) is 25.1 Å². The van der Waals surface area contributed by atoms with Gasteiger partial charge in [-0.05, 0) is 13.8 Å². The second kappa shape index (κ2) is 5.71. The highest BCUT2D eigenvalue weighted by atomic mass is 32.2. The van der Waals surface area contributed by atoms with Crippen LogP contribution in [0.5, 0.6) is 0 Å². The second-order valence-electron chi connectivity index (χ2n) is 3.02. The molecule has 0 saturated heterocycles. The van der Waals surface area contributed by atoms with E-state index in [0.717, 1.165) is 0 Å². The van der Waals surface area contributed by atoms with Gasteiger partial charge in [0.1, 0.15) is 5.25 Å². The lowest BCUT2D eigenvalue weighted by Gasteiger charge is -2.11. The molecule has 0 radical (unpaired) electrons. The van der Waals surface area contributed by atoms with Gasteiger partial charge in [-0.2, -0.15) is 0 Å². The van der Waals surface area contributed by atoms with Crippen molar-refractivity contribution in [1.82, 2.24) is 5.32 Å². The van der Waals surface area contributed by atoms with Crippen LogP contribution in [0.1, 0.15) is 13.8 Å². The van der Waals surface area contributed by atoms with Gasteiger partial charge in [0.25, 0.3) is 0 Å². The maximum atomic E-state index is 11.4. The molecule has 0 aromatic carbocycles. The third-order valence-corrected chi connectivity index (χ3v) is 3.29. The smallest absolute Gasteiger partial charge is 0.318 e. The lowest BCUT2D eigenvalue weighted by Crippen LogP contribution is -2.43. The molecule has 0 aromatic heterocycles. The highest BCUT2D eigenvalue weighted by Gasteiger charge is 2.21. The first kappa shape index (κ1) is 13.1. The van der Waals surface area contributed by atoms with Crippen LogP contribution < -0.4 is 16.8 Å². The molecule has 0 spiro atoms. The van der Waals surface area contributed by atoms with E-state index >= 15 is 0 Å². The summed E-state index contributed by atoms with van der Waals surface area (Å²) in [6.45, 7) is 3.15. The van der Waals surface area contributed by atoms with Crippen molar-refractivity contribution in [2.24, 2.45) is 11.5 Å². The summed E-state index contributed by atoms with van der Waals surface area (Å²) in [6, 6.07) is -1.20. The van der Waals surface area contributed by atoms with Gasteiger partial charge in [0.2, 0.25) is 5.91 Å². The number of primary amides is 1. The molecule has 5 N–H and O–H groups in total. The Morgan fingerprint density at radius 3 is 2.29 bits per heavy atom. The summed E-state index contributed by atoms with van der Waals surface area (Å²) < 4.78 is 11.4. The third kappa shape index (κ3) is 4.93. The van der Waals surface area contributed by atoms with E-state index in [0.29, 0.717) is 0 Å². The molecule has 0 bridgehead atoms. The number of rotatable bonds is 4. The molecule has 14 heavy (non-hydrogen) atoms. The number of hydrogen-bond donors (Lipinski definition) is 3. The number of urea groups is 1. The molecule has 3 amide bonds. The summed E-state index contributed by atoms with van der Waals surface area (Å²) in [6.07, 6.45) is 0. The van der Waals surface area contributed by atoms with Gasteiger partial charge in [-0.15, -0.1) is 0 Å². The molecule has 0 saturated carbocycles. The minimum atomic E-state index is -1.39. The van der Waals surface area contributed by atoms with Crippen LogP contribution >= 0.6 is 0 Å². The van der Waals surface area contributed by atoms with E-state index in [-0.39, 0.29) is 11.8 Å². The zero-order valence-corrected chi connectivity index (χ0v) is 8.97. The zero-order chi connectivity index (χ0) is 11.3. The standard InChI is InChI=1S/C7H15N3O3S/c1-4(8)3-14(13)5(2)6(11)10-7(9)12/h4-5H,3,8H2,1-2H3,(H3,9,10,11,12). The van der Waals surface area contributed by atoms with Crippen molar-refractivity contribution < 1.29 is 13.8 Å². The highest BCUT2D eigenvalue weighted by Crippen LogP contribution is 1.97. The second-order valence-corrected chi connectivity index (χ2v) is 4.82. The lowest BCUT2D eigenvalue weighted by atomic mass is 10.4. The normalized spacial score (nSPS) is 16.8. The van der Waals surface area contributed by atoms with Crippen molar-refractivity contribution >= 4 is 22.7 Å². The van der Waals surface area contributed by atoms with Crippen LogP contribution in [0.2, 0.25) is 0 Å². The largest absolute Gasteiger partial charge is 0.351 e. The summed E-state index contributed by atoms with van der Waals surface area (Å²) >= 11 is 0. The summed E-state index contributed by atoms with van der Waals surface area (Å²) in [5, 5.41) is 1.08. The molecule has 3 atom stereocenters. The molecule has 0 fully saturated rings. The molecule has 0 rings (SSSR count). The average Bonchev–Trinajstić information content (AvgIpc) is 2.00. The Kier molecular flexibility index (Phi) is 5.32. The molecule has 0 heterocycles. The number of imide groups is 1. The number of carbonyl (C=O) groups is 2. The minimum Gasteiger partial charge on any atom is -0.351 e. The average molecular weight is 221 g/mol. The molecule has 6 nitrogen and oxygen atoms in total. The molecular weight excluding hydrogens is 206 g/mol. The molecule has 0 aliphatic heterocycles. The third-order valence-electron chi connectivity index (χ3n) is 1.44. The number of nitrogens with two attached hydrogens (primary N) is 2. The fourth-order valence-corrected chi connectivity index (χ4v) is 1.85. The van der Waals surface area contributed by atoms with Crippen molar-refractivity contribution in [2.75, 3.05) is 5.75 Å². The maximum Gasteiger partial charge on any atom is 0.318 e. The Bertz CT molecular complexity index is 255. The van der Waals surface area contributed by atoms with E-state index in [2.05, 4.69) is 0 Å². The highest BCUT2D eigenvalue weighted by molar-refractivity contribution is 7.86. The van der Waals surface area contributed by atoms with Gasteiger partial charge in [0.05, 0.1) is 0 Å². The minimum absolute atomic E-state index is 0.216. The SMILES string of the molecule is CC(N)CS(=O)C(C)C(=O)NC(N)=O. The van der Waals surface area contributed by atoms with Crippen LogP contribution in [0.4, 0.5) is 4.79 Å². The van der Waals surface area contributed by atoms with Gasteiger partial charge in [0, 0.05) is 22.6 Å². The van der Waals surface area contributed by atoms with Crippen molar-refractivity contribution in [3.63, 3.8) is 0 Å². The predicted octanol–water partition coefficient (Wildman–Crippen LogP) is -1.33. The molecular formula is C7H15N3O3S. The Balaban J connectivity index is 4.17. The summed E-state index contributed by atoms with van der Waals surface area (Å²) in [7, 11) is -1.39. The quantitative estimate of drug-likeness (QED) is 0.545. The monoisotopic (exact) mass is 221 g/mol. The van der Waals surface area contributed by atoms with Crippen molar-refractivity contribution in [1.29, 1.82) is 0 Å². The first-order chi connectivity index (χ1) is 6.34. The van der Waals surface area contributed by atoms with E-state index in [9.17, 15) is 13.8 Å². The van der Waals surface area contributed by atoms with Crippen molar-refractivity contribution in [3.8, 4) is 0 Å². The topological polar surface area (TPSA) is 115 Å². The van der Waals surface area contributed by atoms with Gasteiger partial charge in [-0.3, -0.25) is 14.3 Å². The van der Waals surface area contributed by atoms with Crippen LogP contribution in [0.25, 0.3) is 0 Å². The molecule has 3 unspecified atom stereocenters. The summed E-state index contributed by atoms with van der Waals surface area (Å²) in [5.41, 5.74) is 10.2. The van der Waals surface area contributed by atoms with E-state index < -0.39 is 28.0 Å². The fourth-order valence-electron chi connectivity index (χ4n) is 0.746. The van der Waals surface area contributed by atoms with Crippen LogP contribution in [-0.2, 0) is 15.6 Å². The molecule has 0 aromatic rings. The van der Waals surface area contributed by atoms with Crippen molar-refractivity contribution in [3.05, 3.63) is 0 Å². The van der Waals surface area contributed by atoms with E-state index in [1.54, 1.807) is 6.92 Å². The molecule has 0 aliphatic rings. The first-order valence-corrected chi connectivity index (χ1v) is 5.46. The van der Waals surface area contributed by atoms with Gasteiger partial charge in [0.15, 0.2) is 0 Å². The van der Waals surface area contributed by atoms with Gasteiger partial charge in [-0.1, -0.05) is 0 Å². The maximum absolute atomic E-state index is 11.4. The number of carbonyl (C=O) groups excluding carboxylic acids is 2. The molecule has 82 valence electrons. The molecule has 7 heteroatoms. The Labute approximate surface area is 84.9 Å². The number of nitrogens with one attached hydrogen (secondary N) is 1. The Hall–Kier alpha value is -0.950. The lowest BCUT2D eigenvalue weighted by molar-refractivity contribution is -0.119. The molecule has 0 aliphatic carbocycles. The Morgan fingerprint density at radius 2 is 1.93 bits per heavy atom. The van der Waals surface area contributed by atoms with Crippen LogP contribution in [0.3, 0.4) is 0 Å². The van der Waals surface area contributed by atoms with E-state index in [4.69, 9.17) is 11.5 Å². The zero-order valence-electron chi connectivity index (χ0n) is 8.15. The summed E-state index contributed by atoms with van der Waals surface area (Å²) in [4.78, 5) is 21.5. The predicted molar refractivity (Wildman–Crippen MR) is 53.8 cm³/mol.